The maximum absolute atomic E-state index is 12.2. The van der Waals surface area contributed by atoms with Gasteiger partial charge in [0.2, 0.25) is 0 Å². The summed E-state index contributed by atoms with van der Waals surface area (Å²) in [5.74, 6) is -0.0764. The maximum Gasteiger partial charge on any atom is 0.255 e. The Hall–Kier alpha value is -1.62. The Morgan fingerprint density at radius 3 is 2.62 bits per heavy atom. The summed E-state index contributed by atoms with van der Waals surface area (Å²) in [6, 6.07) is 9.46. The highest BCUT2D eigenvalue weighted by Gasteiger charge is 2.12. The normalized spacial score (nSPS) is 12.4. The number of halogens is 2. The van der Waals surface area contributed by atoms with Crippen LogP contribution in [0.25, 0.3) is 0 Å². The molecule has 2 heterocycles. The third kappa shape index (κ3) is 4.17. The molecular weight excluding hydrogens is 309 g/mol. The summed E-state index contributed by atoms with van der Waals surface area (Å²) in [5, 5.41) is 6.19. The molecule has 1 amide bonds. The van der Waals surface area contributed by atoms with Crippen molar-refractivity contribution >= 4 is 36.4 Å². The molecule has 4 nitrogen and oxygen atoms in total. The number of hydrogen-bond acceptors (Lipinski definition) is 3. The lowest BCUT2D eigenvalue weighted by Crippen LogP contribution is -2.24. The zero-order valence-corrected chi connectivity index (χ0v) is 13.0. The molecule has 0 saturated carbocycles. The van der Waals surface area contributed by atoms with Gasteiger partial charge in [-0.2, -0.15) is 0 Å². The molecule has 0 unspecified atom stereocenters. The van der Waals surface area contributed by atoms with Crippen LogP contribution in [0.2, 0.25) is 0 Å². The number of hydrogen-bond donors (Lipinski definition) is 2. The third-order valence-corrected chi connectivity index (χ3v) is 3.29. The molecule has 1 aromatic heterocycles. The average Bonchev–Trinajstić information content (AvgIpc) is 2.48. The third-order valence-electron chi connectivity index (χ3n) is 3.29. The molecule has 0 saturated heterocycles. The van der Waals surface area contributed by atoms with Crippen molar-refractivity contribution in [2.45, 2.75) is 13.0 Å². The van der Waals surface area contributed by atoms with Gasteiger partial charge in [0.15, 0.2) is 0 Å². The van der Waals surface area contributed by atoms with Gasteiger partial charge in [0.05, 0.1) is 0 Å². The van der Waals surface area contributed by atoms with Crippen LogP contribution in [0.4, 0.5) is 5.69 Å². The van der Waals surface area contributed by atoms with Crippen LogP contribution in [-0.2, 0) is 13.0 Å². The number of carbonyl (C=O) groups excluding carboxylic acids is 1. The number of rotatable bonds is 2. The first-order valence-corrected chi connectivity index (χ1v) is 6.37. The van der Waals surface area contributed by atoms with Crippen LogP contribution in [0.15, 0.2) is 42.7 Å². The summed E-state index contributed by atoms with van der Waals surface area (Å²) in [7, 11) is 0. The molecule has 0 spiro atoms. The van der Waals surface area contributed by atoms with Crippen molar-refractivity contribution in [3.8, 4) is 0 Å². The number of aromatic nitrogens is 1. The van der Waals surface area contributed by atoms with Crippen LogP contribution in [0.3, 0.4) is 0 Å². The minimum absolute atomic E-state index is 0. The Labute approximate surface area is 136 Å². The van der Waals surface area contributed by atoms with Gasteiger partial charge in [-0.15, -0.1) is 24.8 Å². The lowest BCUT2D eigenvalue weighted by molar-refractivity contribution is 0.102. The first-order valence-electron chi connectivity index (χ1n) is 6.37. The van der Waals surface area contributed by atoms with E-state index in [0.717, 1.165) is 25.2 Å². The zero-order chi connectivity index (χ0) is 13.1. The van der Waals surface area contributed by atoms with Gasteiger partial charge in [0, 0.05) is 30.2 Å². The van der Waals surface area contributed by atoms with Crippen molar-refractivity contribution in [2.75, 3.05) is 11.9 Å². The summed E-state index contributed by atoms with van der Waals surface area (Å²) in [4.78, 5) is 16.1. The molecule has 0 radical (unpaired) electrons. The minimum Gasteiger partial charge on any atom is -0.322 e. The van der Waals surface area contributed by atoms with Gasteiger partial charge in [-0.1, -0.05) is 6.07 Å². The zero-order valence-electron chi connectivity index (χ0n) is 11.3. The lowest BCUT2D eigenvalue weighted by Gasteiger charge is -2.17. The summed E-state index contributed by atoms with van der Waals surface area (Å²) in [6.45, 7) is 1.87. The highest BCUT2D eigenvalue weighted by atomic mass is 35.5. The molecule has 1 aliphatic heterocycles. The van der Waals surface area contributed by atoms with E-state index in [4.69, 9.17) is 0 Å². The van der Waals surface area contributed by atoms with E-state index >= 15 is 0 Å². The topological polar surface area (TPSA) is 54.0 Å². The average molecular weight is 326 g/mol. The van der Waals surface area contributed by atoms with Crippen LogP contribution in [0, 0.1) is 0 Å². The SMILES string of the molecule is Cl.Cl.O=C(Nc1ccncc1)c1ccc2c(c1)CCNC2. The Balaban J connectivity index is 0.00000110. The van der Waals surface area contributed by atoms with Crippen LogP contribution >= 0.6 is 24.8 Å². The highest BCUT2D eigenvalue weighted by Crippen LogP contribution is 2.17. The van der Waals surface area contributed by atoms with Crippen molar-refractivity contribution in [1.29, 1.82) is 0 Å². The quantitative estimate of drug-likeness (QED) is 0.892. The molecule has 2 N–H and O–H groups in total. The fourth-order valence-corrected chi connectivity index (χ4v) is 2.26. The summed E-state index contributed by atoms with van der Waals surface area (Å²) < 4.78 is 0. The molecule has 6 heteroatoms. The number of pyridine rings is 1. The van der Waals surface area contributed by atoms with E-state index in [1.54, 1.807) is 24.5 Å². The molecule has 0 atom stereocenters. The van der Waals surface area contributed by atoms with Gasteiger partial charge >= 0.3 is 0 Å². The fourth-order valence-electron chi connectivity index (χ4n) is 2.26. The van der Waals surface area contributed by atoms with Crippen LogP contribution in [0.1, 0.15) is 21.5 Å². The second-order valence-electron chi connectivity index (χ2n) is 4.60. The Morgan fingerprint density at radius 1 is 1.10 bits per heavy atom. The molecule has 3 rings (SSSR count). The molecule has 112 valence electrons. The van der Waals surface area contributed by atoms with E-state index in [1.165, 1.54) is 11.1 Å². The van der Waals surface area contributed by atoms with Gasteiger partial charge in [-0.3, -0.25) is 9.78 Å². The van der Waals surface area contributed by atoms with E-state index < -0.39 is 0 Å². The molecular formula is C15H17Cl2N3O. The number of nitrogens with one attached hydrogen (secondary N) is 2. The number of fused-ring (bicyclic) bond motifs is 1. The maximum atomic E-state index is 12.2. The van der Waals surface area contributed by atoms with Gasteiger partial charge in [0.1, 0.15) is 0 Å². The molecule has 0 bridgehead atoms. The van der Waals surface area contributed by atoms with Gasteiger partial charge in [0.25, 0.3) is 5.91 Å². The van der Waals surface area contributed by atoms with Gasteiger partial charge in [-0.05, 0) is 48.4 Å². The number of benzene rings is 1. The Bertz CT molecular complexity index is 605. The molecule has 0 aliphatic carbocycles. The second kappa shape index (κ2) is 7.98. The molecule has 0 fully saturated rings. The van der Waals surface area contributed by atoms with E-state index in [1.807, 2.05) is 18.2 Å². The Morgan fingerprint density at radius 2 is 1.86 bits per heavy atom. The predicted octanol–water partition coefficient (Wildman–Crippen LogP) is 2.82. The molecule has 1 aliphatic rings. The summed E-state index contributed by atoms with van der Waals surface area (Å²) in [6.07, 6.45) is 4.30. The molecule has 1 aromatic carbocycles. The largest absolute Gasteiger partial charge is 0.322 e. The smallest absolute Gasteiger partial charge is 0.255 e. The summed E-state index contributed by atoms with van der Waals surface area (Å²) >= 11 is 0. The van der Waals surface area contributed by atoms with Crippen LogP contribution < -0.4 is 10.6 Å². The van der Waals surface area contributed by atoms with E-state index in [9.17, 15) is 4.79 Å². The van der Waals surface area contributed by atoms with Crippen LogP contribution in [-0.4, -0.2) is 17.4 Å². The number of carbonyl (C=O) groups is 1. The van der Waals surface area contributed by atoms with E-state index in [-0.39, 0.29) is 30.7 Å². The predicted molar refractivity (Wildman–Crippen MR) is 88.5 cm³/mol. The van der Waals surface area contributed by atoms with E-state index in [2.05, 4.69) is 15.6 Å². The van der Waals surface area contributed by atoms with Crippen molar-refractivity contribution in [2.24, 2.45) is 0 Å². The number of anilines is 1. The Kier molecular flexibility index (Phi) is 6.62. The molecule has 21 heavy (non-hydrogen) atoms. The fraction of sp³-hybridized carbons (Fsp3) is 0.200. The van der Waals surface area contributed by atoms with Crippen molar-refractivity contribution in [3.63, 3.8) is 0 Å². The highest BCUT2D eigenvalue weighted by molar-refractivity contribution is 6.04. The van der Waals surface area contributed by atoms with E-state index in [0.29, 0.717) is 5.56 Å². The lowest BCUT2D eigenvalue weighted by atomic mass is 9.98. The first-order chi connectivity index (χ1) is 9.33. The number of nitrogens with zero attached hydrogens (tertiary/aromatic N) is 1. The van der Waals surface area contributed by atoms with Crippen molar-refractivity contribution < 1.29 is 4.79 Å². The van der Waals surface area contributed by atoms with Gasteiger partial charge in [-0.25, -0.2) is 0 Å². The van der Waals surface area contributed by atoms with Crippen molar-refractivity contribution in [1.82, 2.24) is 10.3 Å². The molecule has 2 aromatic rings. The standard InChI is InChI=1S/C15H15N3O.2ClH/c19-15(18-14-4-7-16-8-5-14)12-1-2-13-10-17-6-3-11(13)9-12;;/h1-2,4-5,7-9,17H,3,6,10H2,(H,16,18,19);2*1H. The van der Waals surface area contributed by atoms with Crippen LogP contribution in [0.5, 0.6) is 0 Å². The summed E-state index contributed by atoms with van der Waals surface area (Å²) in [5.41, 5.74) is 4.02. The van der Waals surface area contributed by atoms with Crippen molar-refractivity contribution in [3.05, 3.63) is 59.4 Å². The van der Waals surface area contributed by atoms with Gasteiger partial charge < -0.3 is 10.6 Å². The monoisotopic (exact) mass is 325 g/mol. The minimum atomic E-state index is -0.0764. The number of amides is 1. The second-order valence-corrected chi connectivity index (χ2v) is 4.60. The first kappa shape index (κ1) is 17.4.